The molecule has 2 rings (SSSR count). The Morgan fingerprint density at radius 3 is 2.79 bits per heavy atom. The summed E-state index contributed by atoms with van der Waals surface area (Å²) < 4.78 is 3.28. The fourth-order valence-electron chi connectivity index (χ4n) is 1.72. The maximum absolute atomic E-state index is 11.9. The van der Waals surface area contributed by atoms with E-state index in [2.05, 4.69) is 0 Å². The molecule has 6 heteroatoms. The van der Waals surface area contributed by atoms with Crippen LogP contribution in [0, 0.1) is 0 Å². The number of aromatic nitrogens is 2. The molecule has 0 saturated heterocycles. The highest BCUT2D eigenvalue weighted by atomic mass is 32.1. The van der Waals surface area contributed by atoms with Crippen molar-refractivity contribution in [3.8, 4) is 0 Å². The summed E-state index contributed by atoms with van der Waals surface area (Å²) in [5, 5.41) is 10.4. The molecule has 0 aliphatic carbocycles. The quantitative estimate of drug-likeness (QED) is 0.849. The number of carbonyl (C=O) groups is 1. The summed E-state index contributed by atoms with van der Waals surface area (Å²) in [6.45, 7) is 3.09. The van der Waals surface area contributed by atoms with Crippen molar-refractivity contribution >= 4 is 23.4 Å². The average molecular weight is 278 g/mol. The summed E-state index contributed by atoms with van der Waals surface area (Å²) >= 11 is 1.51. The van der Waals surface area contributed by atoms with Gasteiger partial charge in [-0.15, -0.1) is 11.3 Å². The predicted molar refractivity (Wildman–Crippen MR) is 74.5 cm³/mol. The standard InChI is InChI=1S/C13H14N2O3S/c1-2-14-5-6-15(13(14)18)8-11-7-10(9-19-11)3-4-12(16)17/h3-7,9H,2,8H2,1H3,(H,16,17)/b4-3+. The normalized spacial score (nSPS) is 11.2. The monoisotopic (exact) mass is 278 g/mol. The lowest BCUT2D eigenvalue weighted by Gasteiger charge is -1.98. The van der Waals surface area contributed by atoms with Gasteiger partial charge in [-0.05, 0) is 30.0 Å². The first-order valence-corrected chi connectivity index (χ1v) is 6.72. The molecule has 0 unspecified atom stereocenters. The molecule has 0 aliphatic rings. The van der Waals surface area contributed by atoms with Crippen LogP contribution < -0.4 is 5.69 Å². The SMILES string of the molecule is CCn1ccn(Cc2cc(/C=C/C(=O)O)cs2)c1=O. The molecular weight excluding hydrogens is 264 g/mol. The van der Waals surface area contributed by atoms with Crippen LogP contribution in [0.5, 0.6) is 0 Å². The van der Waals surface area contributed by atoms with E-state index in [0.29, 0.717) is 13.1 Å². The van der Waals surface area contributed by atoms with Crippen molar-refractivity contribution < 1.29 is 9.90 Å². The molecule has 0 bridgehead atoms. The van der Waals surface area contributed by atoms with Gasteiger partial charge in [-0.3, -0.25) is 9.13 Å². The molecule has 0 aromatic carbocycles. The first kappa shape index (κ1) is 13.4. The number of carboxylic acids is 1. The summed E-state index contributed by atoms with van der Waals surface area (Å²) in [5.74, 6) is -0.969. The van der Waals surface area contributed by atoms with Crippen LogP contribution in [-0.2, 0) is 17.9 Å². The van der Waals surface area contributed by atoms with Gasteiger partial charge in [0, 0.05) is 29.9 Å². The van der Waals surface area contributed by atoms with Crippen molar-refractivity contribution in [1.82, 2.24) is 9.13 Å². The molecule has 0 atom stereocenters. The van der Waals surface area contributed by atoms with E-state index < -0.39 is 5.97 Å². The highest BCUT2D eigenvalue weighted by Gasteiger charge is 2.04. The van der Waals surface area contributed by atoms with Gasteiger partial charge in [0.05, 0.1) is 6.54 Å². The predicted octanol–water partition coefficient (Wildman–Crippen LogP) is 1.88. The second kappa shape index (κ2) is 5.71. The zero-order chi connectivity index (χ0) is 13.8. The molecule has 100 valence electrons. The average Bonchev–Trinajstić information content (AvgIpc) is 2.96. The van der Waals surface area contributed by atoms with Gasteiger partial charge in [0.2, 0.25) is 0 Å². The summed E-state index contributed by atoms with van der Waals surface area (Å²) in [4.78, 5) is 23.3. The molecule has 0 spiro atoms. The Balaban J connectivity index is 2.13. The summed E-state index contributed by atoms with van der Waals surface area (Å²) in [7, 11) is 0. The van der Waals surface area contributed by atoms with E-state index in [0.717, 1.165) is 16.5 Å². The van der Waals surface area contributed by atoms with Crippen molar-refractivity contribution in [2.24, 2.45) is 0 Å². The molecule has 0 fully saturated rings. The molecule has 0 saturated carbocycles. The van der Waals surface area contributed by atoms with Crippen LogP contribution in [-0.4, -0.2) is 20.2 Å². The molecule has 1 N–H and O–H groups in total. The Kier molecular flexibility index (Phi) is 4.01. The number of carboxylic acid groups (broad SMARTS) is 1. The first-order valence-electron chi connectivity index (χ1n) is 5.84. The van der Waals surface area contributed by atoms with Crippen LogP contribution in [0.3, 0.4) is 0 Å². The fourth-order valence-corrected chi connectivity index (χ4v) is 2.57. The van der Waals surface area contributed by atoms with E-state index in [9.17, 15) is 9.59 Å². The van der Waals surface area contributed by atoms with E-state index >= 15 is 0 Å². The van der Waals surface area contributed by atoms with Crippen LogP contribution in [0.25, 0.3) is 6.08 Å². The number of thiophene rings is 1. The Bertz CT molecular complexity index is 663. The molecule has 0 amide bonds. The minimum Gasteiger partial charge on any atom is -0.478 e. The second-order valence-corrected chi connectivity index (χ2v) is 5.01. The molecule has 19 heavy (non-hydrogen) atoms. The second-order valence-electron chi connectivity index (χ2n) is 4.01. The molecule has 2 heterocycles. The third-order valence-electron chi connectivity index (χ3n) is 2.68. The van der Waals surface area contributed by atoms with Gasteiger partial charge < -0.3 is 5.11 Å². The molecular formula is C13H14N2O3S. The lowest BCUT2D eigenvalue weighted by atomic mass is 10.3. The maximum Gasteiger partial charge on any atom is 0.328 e. The summed E-state index contributed by atoms with van der Waals surface area (Å²) in [6, 6.07) is 1.89. The number of nitrogens with zero attached hydrogens (tertiary/aromatic N) is 2. The fraction of sp³-hybridized carbons (Fsp3) is 0.231. The van der Waals surface area contributed by atoms with Crippen molar-refractivity contribution in [2.75, 3.05) is 0 Å². The minimum atomic E-state index is -0.969. The highest BCUT2D eigenvalue weighted by Crippen LogP contribution is 2.16. The number of hydrogen-bond donors (Lipinski definition) is 1. The van der Waals surface area contributed by atoms with E-state index in [4.69, 9.17) is 5.11 Å². The van der Waals surface area contributed by atoms with Crippen LogP contribution in [0.15, 0.2) is 34.7 Å². The molecule has 5 nitrogen and oxygen atoms in total. The first-order chi connectivity index (χ1) is 9.10. The largest absolute Gasteiger partial charge is 0.478 e. The number of imidazole rings is 1. The Hall–Kier alpha value is -2.08. The molecule has 0 aliphatic heterocycles. The lowest BCUT2D eigenvalue weighted by Crippen LogP contribution is -2.23. The topological polar surface area (TPSA) is 64.2 Å². The summed E-state index contributed by atoms with van der Waals surface area (Å²) in [6.07, 6.45) is 6.17. The van der Waals surface area contributed by atoms with Crippen LogP contribution in [0.1, 0.15) is 17.4 Å². The third kappa shape index (κ3) is 3.23. The Morgan fingerprint density at radius 2 is 2.16 bits per heavy atom. The van der Waals surface area contributed by atoms with E-state index in [1.165, 1.54) is 11.3 Å². The van der Waals surface area contributed by atoms with Crippen LogP contribution >= 0.6 is 11.3 Å². The number of aliphatic carboxylic acids is 1. The number of rotatable bonds is 5. The smallest absolute Gasteiger partial charge is 0.328 e. The molecule has 2 aromatic rings. The zero-order valence-corrected chi connectivity index (χ0v) is 11.3. The third-order valence-corrected chi connectivity index (χ3v) is 3.62. The van der Waals surface area contributed by atoms with Gasteiger partial charge in [0.25, 0.3) is 0 Å². The number of hydrogen-bond acceptors (Lipinski definition) is 3. The minimum absolute atomic E-state index is 0.0291. The number of aryl methyl sites for hydroxylation is 1. The van der Waals surface area contributed by atoms with Crippen molar-refractivity contribution in [1.29, 1.82) is 0 Å². The van der Waals surface area contributed by atoms with Gasteiger partial charge in [-0.1, -0.05) is 0 Å². The van der Waals surface area contributed by atoms with Crippen molar-refractivity contribution in [2.45, 2.75) is 20.0 Å². The van der Waals surface area contributed by atoms with Crippen LogP contribution in [0.4, 0.5) is 0 Å². The van der Waals surface area contributed by atoms with Gasteiger partial charge >= 0.3 is 11.7 Å². The van der Waals surface area contributed by atoms with Gasteiger partial charge in [0.15, 0.2) is 0 Å². The molecule has 2 aromatic heterocycles. The summed E-state index contributed by atoms with van der Waals surface area (Å²) in [5.41, 5.74) is 0.809. The Morgan fingerprint density at radius 1 is 1.42 bits per heavy atom. The van der Waals surface area contributed by atoms with Gasteiger partial charge in [-0.2, -0.15) is 0 Å². The van der Waals surface area contributed by atoms with Crippen molar-refractivity contribution in [3.05, 3.63) is 50.8 Å². The van der Waals surface area contributed by atoms with Crippen LogP contribution in [0.2, 0.25) is 0 Å². The van der Waals surface area contributed by atoms with Crippen molar-refractivity contribution in [3.63, 3.8) is 0 Å². The Labute approximate surface area is 114 Å². The highest BCUT2D eigenvalue weighted by molar-refractivity contribution is 7.10. The van der Waals surface area contributed by atoms with E-state index in [1.807, 2.05) is 18.4 Å². The van der Waals surface area contributed by atoms with Gasteiger partial charge in [0.1, 0.15) is 0 Å². The molecule has 0 radical (unpaired) electrons. The zero-order valence-electron chi connectivity index (χ0n) is 10.4. The maximum atomic E-state index is 11.9. The lowest BCUT2D eigenvalue weighted by molar-refractivity contribution is -0.131. The van der Waals surface area contributed by atoms with E-state index in [1.54, 1.807) is 27.6 Å². The van der Waals surface area contributed by atoms with Gasteiger partial charge in [-0.25, -0.2) is 9.59 Å². The van der Waals surface area contributed by atoms with E-state index in [-0.39, 0.29) is 5.69 Å².